The number of aromatic hydroxyl groups is 1. The maximum absolute atomic E-state index is 11.4. The van der Waals surface area contributed by atoms with E-state index in [4.69, 9.17) is 5.11 Å². The SMILES string of the molecule is CNCCCC(=O)NCCc1ccc(O)cc1. The van der Waals surface area contributed by atoms with E-state index in [1.807, 2.05) is 19.2 Å². The normalized spacial score (nSPS) is 10.2. The van der Waals surface area contributed by atoms with Crippen molar-refractivity contribution in [3.63, 3.8) is 0 Å². The predicted octanol–water partition coefficient (Wildman–Crippen LogP) is 1.05. The van der Waals surface area contributed by atoms with Crippen molar-refractivity contribution in [1.29, 1.82) is 0 Å². The van der Waals surface area contributed by atoms with Crippen molar-refractivity contribution in [2.45, 2.75) is 19.3 Å². The van der Waals surface area contributed by atoms with Gasteiger partial charge in [0.15, 0.2) is 0 Å². The van der Waals surface area contributed by atoms with Crippen LogP contribution in [0.5, 0.6) is 5.75 Å². The van der Waals surface area contributed by atoms with E-state index in [1.54, 1.807) is 12.1 Å². The van der Waals surface area contributed by atoms with Gasteiger partial charge in [0, 0.05) is 13.0 Å². The van der Waals surface area contributed by atoms with Gasteiger partial charge in [0.05, 0.1) is 0 Å². The lowest BCUT2D eigenvalue weighted by atomic mass is 10.1. The quantitative estimate of drug-likeness (QED) is 0.620. The summed E-state index contributed by atoms with van der Waals surface area (Å²) in [5.74, 6) is 0.365. The van der Waals surface area contributed by atoms with Crippen LogP contribution in [-0.2, 0) is 11.2 Å². The van der Waals surface area contributed by atoms with Gasteiger partial charge in [-0.15, -0.1) is 0 Å². The topological polar surface area (TPSA) is 61.4 Å². The molecule has 17 heavy (non-hydrogen) atoms. The minimum Gasteiger partial charge on any atom is -0.508 e. The molecule has 0 saturated carbocycles. The van der Waals surface area contributed by atoms with Gasteiger partial charge in [-0.1, -0.05) is 12.1 Å². The molecule has 1 amide bonds. The molecular formula is C13H20N2O2. The Morgan fingerprint density at radius 2 is 1.94 bits per heavy atom. The molecule has 4 nitrogen and oxygen atoms in total. The molecule has 0 aliphatic heterocycles. The summed E-state index contributed by atoms with van der Waals surface area (Å²) in [6.45, 7) is 1.51. The van der Waals surface area contributed by atoms with Crippen molar-refractivity contribution in [2.24, 2.45) is 0 Å². The highest BCUT2D eigenvalue weighted by Crippen LogP contribution is 2.09. The molecule has 0 unspecified atom stereocenters. The fourth-order valence-corrected chi connectivity index (χ4v) is 1.52. The zero-order valence-electron chi connectivity index (χ0n) is 10.2. The van der Waals surface area contributed by atoms with Crippen LogP contribution in [0.15, 0.2) is 24.3 Å². The van der Waals surface area contributed by atoms with Crippen molar-refractivity contribution in [1.82, 2.24) is 10.6 Å². The molecule has 0 fully saturated rings. The lowest BCUT2D eigenvalue weighted by Gasteiger charge is -2.05. The minimum atomic E-state index is 0.0963. The zero-order valence-corrected chi connectivity index (χ0v) is 10.2. The van der Waals surface area contributed by atoms with Gasteiger partial charge in [-0.2, -0.15) is 0 Å². The van der Waals surface area contributed by atoms with Crippen molar-refractivity contribution in [2.75, 3.05) is 20.1 Å². The number of hydrogen-bond donors (Lipinski definition) is 3. The average molecular weight is 236 g/mol. The molecule has 0 aromatic heterocycles. The lowest BCUT2D eigenvalue weighted by molar-refractivity contribution is -0.121. The first-order valence-electron chi connectivity index (χ1n) is 5.91. The smallest absolute Gasteiger partial charge is 0.220 e. The summed E-state index contributed by atoms with van der Waals surface area (Å²) in [4.78, 5) is 11.4. The van der Waals surface area contributed by atoms with Crippen LogP contribution < -0.4 is 10.6 Å². The fraction of sp³-hybridized carbons (Fsp3) is 0.462. The molecule has 0 atom stereocenters. The monoisotopic (exact) mass is 236 g/mol. The fourth-order valence-electron chi connectivity index (χ4n) is 1.52. The van der Waals surface area contributed by atoms with Crippen LogP contribution in [0.25, 0.3) is 0 Å². The van der Waals surface area contributed by atoms with Crippen molar-refractivity contribution < 1.29 is 9.90 Å². The highest BCUT2D eigenvalue weighted by atomic mass is 16.3. The van der Waals surface area contributed by atoms with Crippen LogP contribution in [0, 0.1) is 0 Å². The van der Waals surface area contributed by atoms with Gasteiger partial charge in [0.1, 0.15) is 5.75 Å². The van der Waals surface area contributed by atoms with E-state index in [-0.39, 0.29) is 11.7 Å². The molecule has 4 heteroatoms. The summed E-state index contributed by atoms with van der Waals surface area (Å²) in [7, 11) is 1.88. The molecule has 0 saturated heterocycles. The number of nitrogens with one attached hydrogen (secondary N) is 2. The number of phenolic OH excluding ortho intramolecular Hbond substituents is 1. The standard InChI is InChI=1S/C13H20N2O2/c1-14-9-2-3-13(17)15-10-8-11-4-6-12(16)7-5-11/h4-7,14,16H,2-3,8-10H2,1H3,(H,15,17). The number of benzene rings is 1. The third-order valence-electron chi connectivity index (χ3n) is 2.50. The molecule has 0 aliphatic carbocycles. The van der Waals surface area contributed by atoms with Gasteiger partial charge in [-0.05, 0) is 44.1 Å². The first kappa shape index (κ1) is 13.5. The van der Waals surface area contributed by atoms with Crippen LogP contribution in [0.2, 0.25) is 0 Å². The van der Waals surface area contributed by atoms with Crippen LogP contribution in [0.4, 0.5) is 0 Å². The number of amides is 1. The molecule has 0 aliphatic rings. The molecule has 1 aromatic rings. The van der Waals surface area contributed by atoms with Gasteiger partial charge in [0.2, 0.25) is 5.91 Å². The van der Waals surface area contributed by atoms with Crippen molar-refractivity contribution in [3.05, 3.63) is 29.8 Å². The second kappa shape index (κ2) is 7.68. The Kier molecular flexibility index (Phi) is 6.10. The van der Waals surface area contributed by atoms with E-state index >= 15 is 0 Å². The van der Waals surface area contributed by atoms with E-state index in [2.05, 4.69) is 10.6 Å². The molecule has 0 bridgehead atoms. The highest BCUT2D eigenvalue weighted by Gasteiger charge is 2.00. The maximum Gasteiger partial charge on any atom is 0.220 e. The second-order valence-corrected chi connectivity index (χ2v) is 3.97. The summed E-state index contributed by atoms with van der Waals surface area (Å²) < 4.78 is 0. The third kappa shape index (κ3) is 5.92. The van der Waals surface area contributed by atoms with Crippen LogP contribution in [-0.4, -0.2) is 31.2 Å². The number of hydrogen-bond acceptors (Lipinski definition) is 3. The van der Waals surface area contributed by atoms with Crippen LogP contribution >= 0.6 is 0 Å². The Morgan fingerprint density at radius 1 is 1.24 bits per heavy atom. The maximum atomic E-state index is 11.4. The van der Waals surface area contributed by atoms with Crippen LogP contribution in [0.1, 0.15) is 18.4 Å². The van der Waals surface area contributed by atoms with Crippen molar-refractivity contribution >= 4 is 5.91 Å². The Bertz CT molecular complexity index is 336. The van der Waals surface area contributed by atoms with Crippen LogP contribution in [0.3, 0.4) is 0 Å². The third-order valence-corrected chi connectivity index (χ3v) is 2.50. The van der Waals surface area contributed by atoms with E-state index < -0.39 is 0 Å². The first-order valence-corrected chi connectivity index (χ1v) is 5.91. The average Bonchev–Trinajstić information content (AvgIpc) is 2.32. The highest BCUT2D eigenvalue weighted by molar-refractivity contribution is 5.75. The summed E-state index contributed by atoms with van der Waals surface area (Å²) in [5, 5.41) is 15.0. The Balaban J connectivity index is 2.14. The molecule has 1 aromatic carbocycles. The zero-order chi connectivity index (χ0) is 12.5. The summed E-state index contributed by atoms with van der Waals surface area (Å²) in [6, 6.07) is 7.04. The lowest BCUT2D eigenvalue weighted by Crippen LogP contribution is -2.26. The Hall–Kier alpha value is -1.55. The Labute approximate surface area is 102 Å². The van der Waals surface area contributed by atoms with E-state index in [0.717, 1.165) is 24.9 Å². The van der Waals surface area contributed by atoms with Gasteiger partial charge < -0.3 is 15.7 Å². The first-order chi connectivity index (χ1) is 8.22. The molecule has 3 N–H and O–H groups in total. The van der Waals surface area contributed by atoms with Gasteiger partial charge >= 0.3 is 0 Å². The number of phenols is 1. The molecule has 1 rings (SSSR count). The van der Waals surface area contributed by atoms with Gasteiger partial charge in [-0.25, -0.2) is 0 Å². The van der Waals surface area contributed by atoms with Gasteiger partial charge in [0.25, 0.3) is 0 Å². The molecule has 0 radical (unpaired) electrons. The predicted molar refractivity (Wildman–Crippen MR) is 68.0 cm³/mol. The van der Waals surface area contributed by atoms with Gasteiger partial charge in [-0.3, -0.25) is 4.79 Å². The molecular weight excluding hydrogens is 216 g/mol. The summed E-state index contributed by atoms with van der Waals surface area (Å²) >= 11 is 0. The molecule has 0 spiro atoms. The van der Waals surface area contributed by atoms with E-state index in [9.17, 15) is 4.79 Å². The summed E-state index contributed by atoms with van der Waals surface area (Å²) in [6.07, 6.45) is 2.22. The largest absolute Gasteiger partial charge is 0.508 e. The number of carbonyl (C=O) groups is 1. The molecule has 94 valence electrons. The van der Waals surface area contributed by atoms with E-state index in [0.29, 0.717) is 13.0 Å². The van der Waals surface area contributed by atoms with Crippen molar-refractivity contribution in [3.8, 4) is 5.75 Å². The molecule has 0 heterocycles. The van der Waals surface area contributed by atoms with E-state index in [1.165, 1.54) is 0 Å². The second-order valence-electron chi connectivity index (χ2n) is 3.97. The number of rotatable bonds is 7. The minimum absolute atomic E-state index is 0.0963. The Morgan fingerprint density at radius 3 is 2.59 bits per heavy atom. The number of carbonyl (C=O) groups excluding carboxylic acids is 1. The summed E-state index contributed by atoms with van der Waals surface area (Å²) in [5.41, 5.74) is 1.11.